The Morgan fingerprint density at radius 3 is 2.35 bits per heavy atom. The highest BCUT2D eigenvalue weighted by atomic mass is 79.9. The maximum absolute atomic E-state index is 12.3. The van der Waals surface area contributed by atoms with Gasteiger partial charge in [-0.25, -0.2) is 0 Å². The maximum atomic E-state index is 12.3. The molecule has 5 nitrogen and oxygen atoms in total. The molecular formula is C17H19BrN2O3. The van der Waals surface area contributed by atoms with E-state index >= 15 is 0 Å². The Bertz CT molecular complexity index is 622. The molecule has 1 N–H and O–H groups in total. The number of likely N-dealkylation sites (tertiary alicyclic amines) is 1. The summed E-state index contributed by atoms with van der Waals surface area (Å²) in [6, 6.07) is 7.33. The number of carbonyl (C=O) groups excluding carboxylic acids is 3. The van der Waals surface area contributed by atoms with Gasteiger partial charge in [0.2, 0.25) is 17.7 Å². The number of para-hydroxylation sites is 1. The first-order valence-electron chi connectivity index (χ1n) is 7.97. The number of carbonyl (C=O) groups is 3. The zero-order valence-electron chi connectivity index (χ0n) is 12.8. The highest BCUT2D eigenvalue weighted by Gasteiger charge is 2.47. The van der Waals surface area contributed by atoms with Crippen LogP contribution in [0.4, 0.5) is 5.69 Å². The number of rotatable bonds is 4. The van der Waals surface area contributed by atoms with Crippen LogP contribution in [0.15, 0.2) is 28.7 Å². The number of anilines is 1. The summed E-state index contributed by atoms with van der Waals surface area (Å²) in [6.07, 6.45) is 3.75. The van der Waals surface area contributed by atoms with Crippen LogP contribution in [0.3, 0.4) is 0 Å². The van der Waals surface area contributed by atoms with Crippen molar-refractivity contribution in [2.45, 2.75) is 32.1 Å². The summed E-state index contributed by atoms with van der Waals surface area (Å²) < 4.78 is 0.799. The molecule has 1 heterocycles. The minimum Gasteiger partial charge on any atom is -0.325 e. The summed E-state index contributed by atoms with van der Waals surface area (Å²) in [7, 11) is 0. The summed E-state index contributed by atoms with van der Waals surface area (Å²) in [5.74, 6) is -0.681. The second-order valence-corrected chi connectivity index (χ2v) is 6.96. The summed E-state index contributed by atoms with van der Waals surface area (Å²) >= 11 is 3.37. The molecule has 2 aliphatic rings. The third-order valence-electron chi connectivity index (χ3n) is 4.64. The third kappa shape index (κ3) is 3.32. The van der Waals surface area contributed by atoms with Crippen LogP contribution in [0, 0.1) is 11.8 Å². The molecular weight excluding hydrogens is 360 g/mol. The van der Waals surface area contributed by atoms with Crippen molar-refractivity contribution in [2.75, 3.05) is 11.9 Å². The van der Waals surface area contributed by atoms with Crippen LogP contribution in [0.5, 0.6) is 0 Å². The third-order valence-corrected chi connectivity index (χ3v) is 5.33. The van der Waals surface area contributed by atoms with Crippen molar-refractivity contribution in [3.8, 4) is 0 Å². The first kappa shape index (κ1) is 16.2. The Labute approximate surface area is 143 Å². The fraction of sp³-hybridized carbons (Fsp3) is 0.471. The topological polar surface area (TPSA) is 66.5 Å². The SMILES string of the molecule is O=C(CCN1C(=O)C2CCCCC2C1=O)Nc1ccccc1Br. The molecule has 1 aliphatic heterocycles. The molecule has 6 heteroatoms. The number of nitrogens with one attached hydrogen (secondary N) is 1. The molecule has 122 valence electrons. The lowest BCUT2D eigenvalue weighted by molar-refractivity contribution is -0.140. The summed E-state index contributed by atoms with van der Waals surface area (Å²) in [4.78, 5) is 38.0. The molecule has 0 bridgehead atoms. The smallest absolute Gasteiger partial charge is 0.233 e. The van der Waals surface area contributed by atoms with E-state index in [0.29, 0.717) is 5.69 Å². The number of nitrogens with zero attached hydrogens (tertiary/aromatic N) is 1. The molecule has 1 aromatic carbocycles. The highest BCUT2D eigenvalue weighted by molar-refractivity contribution is 9.10. The fourth-order valence-corrected chi connectivity index (χ4v) is 3.82. The van der Waals surface area contributed by atoms with Crippen molar-refractivity contribution in [2.24, 2.45) is 11.8 Å². The van der Waals surface area contributed by atoms with Gasteiger partial charge < -0.3 is 5.32 Å². The number of benzene rings is 1. The van der Waals surface area contributed by atoms with E-state index in [1.54, 1.807) is 6.07 Å². The molecule has 3 rings (SSSR count). The van der Waals surface area contributed by atoms with Gasteiger partial charge in [0.25, 0.3) is 0 Å². The first-order chi connectivity index (χ1) is 11.1. The van der Waals surface area contributed by atoms with E-state index in [9.17, 15) is 14.4 Å². The largest absolute Gasteiger partial charge is 0.325 e. The monoisotopic (exact) mass is 378 g/mol. The fourth-order valence-electron chi connectivity index (χ4n) is 3.44. The van der Waals surface area contributed by atoms with Gasteiger partial charge in [0.15, 0.2) is 0 Å². The molecule has 1 saturated heterocycles. The molecule has 2 atom stereocenters. The molecule has 3 amide bonds. The van der Waals surface area contributed by atoms with Gasteiger partial charge in [-0.15, -0.1) is 0 Å². The average molecular weight is 379 g/mol. The second kappa shape index (κ2) is 6.83. The highest BCUT2D eigenvalue weighted by Crippen LogP contribution is 2.38. The van der Waals surface area contributed by atoms with Crippen LogP contribution < -0.4 is 5.32 Å². The van der Waals surface area contributed by atoms with Crippen molar-refractivity contribution in [1.29, 1.82) is 0 Å². The van der Waals surface area contributed by atoms with Crippen molar-refractivity contribution in [3.05, 3.63) is 28.7 Å². The average Bonchev–Trinajstić information content (AvgIpc) is 2.80. The molecule has 2 fully saturated rings. The minimum atomic E-state index is -0.202. The van der Waals surface area contributed by atoms with Gasteiger partial charge >= 0.3 is 0 Å². The van der Waals surface area contributed by atoms with Crippen molar-refractivity contribution >= 4 is 39.3 Å². The lowest BCUT2D eigenvalue weighted by atomic mass is 9.81. The van der Waals surface area contributed by atoms with Gasteiger partial charge in [-0.3, -0.25) is 19.3 Å². The predicted octanol–water partition coefficient (Wildman–Crippen LogP) is 2.95. The van der Waals surface area contributed by atoms with Crippen LogP contribution in [0.1, 0.15) is 32.1 Å². The Balaban J connectivity index is 1.58. The van der Waals surface area contributed by atoms with Crippen LogP contribution in [0.2, 0.25) is 0 Å². The van der Waals surface area contributed by atoms with Crippen molar-refractivity contribution < 1.29 is 14.4 Å². The molecule has 1 aliphatic carbocycles. The standard InChI is InChI=1S/C17H19BrN2O3/c18-13-7-3-4-8-14(13)19-15(21)9-10-20-16(22)11-5-1-2-6-12(11)17(20)23/h3-4,7-8,11-12H,1-2,5-6,9-10H2,(H,19,21). The van der Waals surface area contributed by atoms with Gasteiger partial charge in [0.05, 0.1) is 17.5 Å². The Kier molecular flexibility index (Phi) is 4.80. The molecule has 0 radical (unpaired) electrons. The molecule has 2 unspecified atom stereocenters. The number of imide groups is 1. The number of fused-ring (bicyclic) bond motifs is 1. The lowest BCUT2D eigenvalue weighted by Gasteiger charge is -2.19. The summed E-state index contributed by atoms with van der Waals surface area (Å²) in [5, 5.41) is 2.79. The Hall–Kier alpha value is -1.69. The number of halogens is 1. The van der Waals surface area contributed by atoms with E-state index in [2.05, 4.69) is 21.2 Å². The van der Waals surface area contributed by atoms with Crippen LogP contribution >= 0.6 is 15.9 Å². The summed E-state index contributed by atoms with van der Waals surface area (Å²) in [6.45, 7) is 0.168. The Morgan fingerprint density at radius 1 is 1.13 bits per heavy atom. The van der Waals surface area contributed by atoms with Crippen molar-refractivity contribution in [3.63, 3.8) is 0 Å². The maximum Gasteiger partial charge on any atom is 0.233 e. The van der Waals surface area contributed by atoms with Crippen LogP contribution in [0.25, 0.3) is 0 Å². The molecule has 23 heavy (non-hydrogen) atoms. The zero-order valence-corrected chi connectivity index (χ0v) is 14.3. The normalized spacial score (nSPS) is 23.8. The van der Waals surface area contributed by atoms with Crippen molar-refractivity contribution in [1.82, 2.24) is 4.90 Å². The Morgan fingerprint density at radius 2 is 1.74 bits per heavy atom. The summed E-state index contributed by atoms with van der Waals surface area (Å²) in [5.41, 5.74) is 0.685. The first-order valence-corrected chi connectivity index (χ1v) is 8.77. The second-order valence-electron chi connectivity index (χ2n) is 6.10. The quantitative estimate of drug-likeness (QED) is 0.818. The molecule has 1 aromatic rings. The van der Waals surface area contributed by atoms with E-state index in [0.717, 1.165) is 30.2 Å². The number of hydrogen-bond donors (Lipinski definition) is 1. The number of amides is 3. The predicted molar refractivity (Wildman–Crippen MR) is 89.6 cm³/mol. The van der Waals surface area contributed by atoms with E-state index in [1.165, 1.54) is 4.90 Å². The van der Waals surface area contributed by atoms with E-state index in [-0.39, 0.29) is 42.5 Å². The van der Waals surface area contributed by atoms with Crippen LogP contribution in [-0.4, -0.2) is 29.2 Å². The van der Waals surface area contributed by atoms with Gasteiger partial charge in [-0.2, -0.15) is 0 Å². The zero-order chi connectivity index (χ0) is 16.4. The van der Waals surface area contributed by atoms with E-state index < -0.39 is 0 Å². The van der Waals surface area contributed by atoms with Gasteiger partial charge in [-0.1, -0.05) is 25.0 Å². The molecule has 0 spiro atoms. The van der Waals surface area contributed by atoms with Crippen LogP contribution in [-0.2, 0) is 14.4 Å². The molecule has 0 aromatic heterocycles. The van der Waals surface area contributed by atoms with Gasteiger partial charge in [0, 0.05) is 17.4 Å². The van der Waals surface area contributed by atoms with Gasteiger partial charge in [0.1, 0.15) is 0 Å². The lowest BCUT2D eigenvalue weighted by Crippen LogP contribution is -2.34. The molecule has 1 saturated carbocycles. The van der Waals surface area contributed by atoms with E-state index in [4.69, 9.17) is 0 Å². The minimum absolute atomic E-state index is 0.0895. The van der Waals surface area contributed by atoms with Gasteiger partial charge in [-0.05, 0) is 40.9 Å². The number of hydrogen-bond acceptors (Lipinski definition) is 3. The van der Waals surface area contributed by atoms with E-state index in [1.807, 2.05) is 18.2 Å².